The van der Waals surface area contributed by atoms with E-state index in [-0.39, 0.29) is 30.2 Å². The molecule has 3 amide bonds. The lowest BCUT2D eigenvalue weighted by Crippen LogP contribution is -2.51. The van der Waals surface area contributed by atoms with Crippen LogP contribution in [0.25, 0.3) is 0 Å². The Bertz CT molecular complexity index is 453. The Morgan fingerprint density at radius 2 is 1.88 bits per heavy atom. The molecule has 6 heteroatoms. The van der Waals surface area contributed by atoms with Crippen LogP contribution in [0.3, 0.4) is 0 Å². The first kappa shape index (κ1) is 18.9. The molecule has 2 saturated heterocycles. The van der Waals surface area contributed by atoms with Crippen LogP contribution in [0, 0.1) is 0 Å². The van der Waals surface area contributed by atoms with Gasteiger partial charge >= 0.3 is 12.1 Å². The van der Waals surface area contributed by atoms with E-state index in [4.69, 9.17) is 4.74 Å². The van der Waals surface area contributed by atoms with Crippen LogP contribution < -0.4 is 5.32 Å². The summed E-state index contributed by atoms with van der Waals surface area (Å²) in [4.78, 5) is 28.4. The Labute approximate surface area is 145 Å². The molecule has 2 heterocycles. The minimum Gasteiger partial charge on any atom is -0.444 e. The molecule has 2 aliphatic rings. The van der Waals surface area contributed by atoms with E-state index in [9.17, 15) is 9.59 Å². The largest absolute Gasteiger partial charge is 0.444 e. The van der Waals surface area contributed by atoms with Gasteiger partial charge in [0.05, 0.1) is 12.1 Å². The number of rotatable bonds is 4. The summed E-state index contributed by atoms with van der Waals surface area (Å²) in [6, 6.07) is 0.818. The number of carbonyl (C=O) groups excluding carboxylic acids is 2. The molecular weight excluding hydrogens is 306 g/mol. The third-order valence-corrected chi connectivity index (χ3v) is 4.89. The van der Waals surface area contributed by atoms with Gasteiger partial charge in [0.2, 0.25) is 0 Å². The molecule has 0 radical (unpaired) electrons. The topological polar surface area (TPSA) is 61.9 Å². The predicted octanol–water partition coefficient (Wildman–Crippen LogP) is 3.36. The van der Waals surface area contributed by atoms with E-state index in [1.165, 1.54) is 0 Å². The smallest absolute Gasteiger partial charge is 0.410 e. The number of carbonyl (C=O) groups is 2. The molecule has 138 valence electrons. The molecule has 0 aromatic heterocycles. The maximum Gasteiger partial charge on any atom is 0.410 e. The first-order valence-corrected chi connectivity index (χ1v) is 9.33. The van der Waals surface area contributed by atoms with Crippen molar-refractivity contribution in [3.05, 3.63) is 0 Å². The summed E-state index contributed by atoms with van der Waals surface area (Å²) in [7, 11) is 0. The fourth-order valence-corrected chi connectivity index (χ4v) is 3.82. The zero-order valence-electron chi connectivity index (χ0n) is 15.8. The van der Waals surface area contributed by atoms with Crippen LogP contribution in [0.15, 0.2) is 0 Å². The number of piperidine rings is 1. The fourth-order valence-electron chi connectivity index (χ4n) is 3.82. The van der Waals surface area contributed by atoms with E-state index in [2.05, 4.69) is 19.2 Å². The van der Waals surface area contributed by atoms with Gasteiger partial charge in [-0.2, -0.15) is 0 Å². The minimum absolute atomic E-state index is 0.0658. The van der Waals surface area contributed by atoms with Crippen molar-refractivity contribution in [2.45, 2.75) is 90.4 Å². The van der Waals surface area contributed by atoms with Crippen LogP contribution in [0.4, 0.5) is 9.59 Å². The molecule has 0 aromatic rings. The Morgan fingerprint density at radius 1 is 1.25 bits per heavy atom. The summed E-state index contributed by atoms with van der Waals surface area (Å²) in [5, 5.41) is 3.15. The Hall–Kier alpha value is -1.46. The third-order valence-electron chi connectivity index (χ3n) is 4.89. The molecule has 24 heavy (non-hydrogen) atoms. The van der Waals surface area contributed by atoms with Crippen LogP contribution in [-0.2, 0) is 4.74 Å². The number of urea groups is 1. The van der Waals surface area contributed by atoms with Gasteiger partial charge in [0.1, 0.15) is 5.60 Å². The van der Waals surface area contributed by atoms with Crippen molar-refractivity contribution in [1.29, 1.82) is 0 Å². The second-order valence-electron chi connectivity index (χ2n) is 7.93. The van der Waals surface area contributed by atoms with Crippen LogP contribution in [0.5, 0.6) is 0 Å². The van der Waals surface area contributed by atoms with Crippen molar-refractivity contribution in [2.24, 2.45) is 0 Å². The number of hydrogen-bond donors (Lipinski definition) is 1. The van der Waals surface area contributed by atoms with Crippen LogP contribution >= 0.6 is 0 Å². The molecule has 2 rings (SSSR count). The zero-order valence-corrected chi connectivity index (χ0v) is 15.8. The van der Waals surface area contributed by atoms with Gasteiger partial charge in [-0.3, -0.25) is 0 Å². The van der Waals surface area contributed by atoms with Crippen LogP contribution in [-0.4, -0.2) is 58.7 Å². The highest BCUT2D eigenvalue weighted by Gasteiger charge is 2.42. The van der Waals surface area contributed by atoms with E-state index in [0.717, 1.165) is 32.1 Å². The lowest BCUT2D eigenvalue weighted by Gasteiger charge is -2.39. The van der Waals surface area contributed by atoms with E-state index >= 15 is 0 Å². The lowest BCUT2D eigenvalue weighted by molar-refractivity contribution is 0.0154. The van der Waals surface area contributed by atoms with E-state index in [0.29, 0.717) is 13.1 Å². The molecule has 2 atom stereocenters. The van der Waals surface area contributed by atoms with Crippen molar-refractivity contribution < 1.29 is 14.3 Å². The van der Waals surface area contributed by atoms with Gasteiger partial charge in [-0.25, -0.2) is 9.59 Å². The number of hydrogen-bond acceptors (Lipinski definition) is 3. The van der Waals surface area contributed by atoms with E-state index in [1.54, 1.807) is 4.90 Å². The normalized spacial score (nSPS) is 25.8. The van der Waals surface area contributed by atoms with Gasteiger partial charge in [0.25, 0.3) is 0 Å². The molecule has 0 aliphatic carbocycles. The van der Waals surface area contributed by atoms with Crippen molar-refractivity contribution >= 4 is 12.1 Å². The van der Waals surface area contributed by atoms with Gasteiger partial charge in [-0.1, -0.05) is 20.3 Å². The van der Waals surface area contributed by atoms with Crippen molar-refractivity contribution in [3.8, 4) is 0 Å². The van der Waals surface area contributed by atoms with Crippen LogP contribution in [0.2, 0.25) is 0 Å². The maximum atomic E-state index is 12.4. The average molecular weight is 339 g/mol. The molecule has 1 unspecified atom stereocenters. The summed E-state index contributed by atoms with van der Waals surface area (Å²) < 4.78 is 5.44. The molecule has 0 aromatic carbocycles. The highest BCUT2D eigenvalue weighted by atomic mass is 16.6. The third kappa shape index (κ3) is 4.33. The summed E-state index contributed by atoms with van der Waals surface area (Å²) in [5.41, 5.74) is -0.469. The first-order chi connectivity index (χ1) is 11.3. The standard InChI is InChI=1S/C18H33N3O3/c1-6-8-14-15(7-2)21(16(22)19-14)13-9-11-20(12-10-13)17(23)24-18(3,4)5/h13-15H,6-12H2,1-5H3,(H,19,22)/t14?,15-/m1/s1. The molecule has 0 bridgehead atoms. The van der Waals surface area contributed by atoms with Crippen LogP contribution in [0.1, 0.15) is 66.7 Å². The van der Waals surface area contributed by atoms with Gasteiger partial charge < -0.3 is 19.9 Å². The monoisotopic (exact) mass is 339 g/mol. The van der Waals surface area contributed by atoms with Gasteiger partial charge in [0, 0.05) is 19.1 Å². The fraction of sp³-hybridized carbons (Fsp3) is 0.889. The van der Waals surface area contributed by atoms with Gasteiger partial charge in [-0.05, 0) is 46.5 Å². The SMILES string of the molecule is CCCC1NC(=O)N(C2CCN(C(=O)OC(C)(C)C)CC2)[C@@H]1CC. The highest BCUT2D eigenvalue weighted by molar-refractivity contribution is 5.78. The molecular formula is C18H33N3O3. The Balaban J connectivity index is 1.94. The second kappa shape index (κ2) is 7.62. The average Bonchev–Trinajstić information content (AvgIpc) is 2.81. The van der Waals surface area contributed by atoms with Crippen molar-refractivity contribution in [2.75, 3.05) is 13.1 Å². The van der Waals surface area contributed by atoms with E-state index < -0.39 is 5.60 Å². The molecule has 0 saturated carbocycles. The Kier molecular flexibility index (Phi) is 5.99. The molecule has 6 nitrogen and oxygen atoms in total. The lowest BCUT2D eigenvalue weighted by atomic mass is 9.97. The number of likely N-dealkylation sites (tertiary alicyclic amines) is 1. The molecule has 2 aliphatic heterocycles. The molecule has 2 fully saturated rings. The van der Waals surface area contributed by atoms with E-state index in [1.807, 2.05) is 25.7 Å². The Morgan fingerprint density at radius 3 is 2.38 bits per heavy atom. The summed E-state index contributed by atoms with van der Waals surface area (Å²) >= 11 is 0. The predicted molar refractivity (Wildman–Crippen MR) is 94.0 cm³/mol. The molecule has 1 N–H and O–H groups in total. The van der Waals surface area contributed by atoms with Gasteiger partial charge in [0.15, 0.2) is 0 Å². The second-order valence-corrected chi connectivity index (χ2v) is 7.93. The molecule has 0 spiro atoms. The van der Waals surface area contributed by atoms with Gasteiger partial charge in [-0.15, -0.1) is 0 Å². The highest BCUT2D eigenvalue weighted by Crippen LogP contribution is 2.28. The summed E-state index contributed by atoms with van der Waals surface area (Å²) in [6.07, 6.45) is 4.46. The summed E-state index contributed by atoms with van der Waals surface area (Å²) in [5.74, 6) is 0. The summed E-state index contributed by atoms with van der Waals surface area (Å²) in [6.45, 7) is 11.2. The zero-order chi connectivity index (χ0) is 17.9. The number of amides is 3. The minimum atomic E-state index is -0.469. The quantitative estimate of drug-likeness (QED) is 0.854. The first-order valence-electron chi connectivity index (χ1n) is 9.33. The number of nitrogens with one attached hydrogen (secondary N) is 1. The number of ether oxygens (including phenoxy) is 1. The van der Waals surface area contributed by atoms with Crippen molar-refractivity contribution in [3.63, 3.8) is 0 Å². The van der Waals surface area contributed by atoms with Crippen molar-refractivity contribution in [1.82, 2.24) is 15.1 Å². The number of nitrogens with zero attached hydrogens (tertiary/aromatic N) is 2. The maximum absolute atomic E-state index is 12.4.